The summed E-state index contributed by atoms with van der Waals surface area (Å²) < 4.78 is 39.2. The van der Waals surface area contributed by atoms with Crippen LogP contribution in [-0.4, -0.2) is 97.3 Å². The standard InChI is InChI=1S/C27H35NO12/c1-14-11-28(12-15(2)35-14)26(33)20-9-7-8-10-21(20)39-27-25(38-19(6)32)24(37-18(5)31)23(36-17(4)30)22(40-27)13-34-16(3)29/h7-10,14-15,22-25,27H,11-13H2,1-6H3/t14-,15+,22-,23-,24+,25-,27-/m0/s1. The molecule has 13 nitrogen and oxygen atoms in total. The molecule has 1 aromatic carbocycles. The lowest BCUT2D eigenvalue weighted by Crippen LogP contribution is -2.63. The van der Waals surface area contributed by atoms with Crippen LogP contribution in [0.3, 0.4) is 0 Å². The predicted molar refractivity (Wildman–Crippen MR) is 135 cm³/mol. The van der Waals surface area contributed by atoms with Crippen LogP contribution in [-0.2, 0) is 47.6 Å². The number of ether oxygens (including phenoxy) is 7. The Morgan fingerprint density at radius 2 is 1.32 bits per heavy atom. The summed E-state index contributed by atoms with van der Waals surface area (Å²) in [5.41, 5.74) is 0.205. The fourth-order valence-electron chi connectivity index (χ4n) is 4.67. The van der Waals surface area contributed by atoms with Crippen molar-refractivity contribution in [1.29, 1.82) is 0 Å². The Labute approximate surface area is 231 Å². The number of rotatable bonds is 8. The molecule has 0 bridgehead atoms. The van der Waals surface area contributed by atoms with E-state index in [2.05, 4.69) is 0 Å². The van der Waals surface area contributed by atoms with Gasteiger partial charge in [-0.25, -0.2) is 0 Å². The van der Waals surface area contributed by atoms with Crippen molar-refractivity contribution in [3.63, 3.8) is 0 Å². The molecule has 2 saturated heterocycles. The van der Waals surface area contributed by atoms with Gasteiger partial charge in [0.25, 0.3) is 5.91 Å². The lowest BCUT2D eigenvalue weighted by Gasteiger charge is -2.44. The second-order valence-corrected chi connectivity index (χ2v) is 9.65. The number of hydrogen-bond acceptors (Lipinski definition) is 12. The zero-order valence-corrected chi connectivity index (χ0v) is 23.3. The second-order valence-electron chi connectivity index (χ2n) is 9.65. The van der Waals surface area contributed by atoms with Gasteiger partial charge in [0.05, 0.1) is 17.8 Å². The van der Waals surface area contributed by atoms with E-state index >= 15 is 0 Å². The molecule has 3 rings (SSSR count). The molecule has 13 heteroatoms. The highest BCUT2D eigenvalue weighted by atomic mass is 16.7. The molecule has 2 fully saturated rings. The van der Waals surface area contributed by atoms with Crippen LogP contribution in [0.2, 0.25) is 0 Å². The molecule has 0 aromatic heterocycles. The van der Waals surface area contributed by atoms with Gasteiger partial charge in [-0.3, -0.25) is 24.0 Å². The minimum absolute atomic E-state index is 0.0974. The van der Waals surface area contributed by atoms with E-state index in [0.717, 1.165) is 20.8 Å². The highest BCUT2D eigenvalue weighted by Crippen LogP contribution is 2.32. The Morgan fingerprint density at radius 3 is 1.90 bits per heavy atom. The average Bonchev–Trinajstić information content (AvgIpc) is 2.85. The third-order valence-electron chi connectivity index (χ3n) is 6.02. The van der Waals surface area contributed by atoms with Crippen LogP contribution in [0, 0.1) is 0 Å². The van der Waals surface area contributed by atoms with Crippen molar-refractivity contribution in [2.75, 3.05) is 19.7 Å². The largest absolute Gasteiger partial charge is 0.463 e. The van der Waals surface area contributed by atoms with E-state index in [0.29, 0.717) is 13.1 Å². The summed E-state index contributed by atoms with van der Waals surface area (Å²) in [5, 5.41) is 0. The van der Waals surface area contributed by atoms with Crippen LogP contribution in [0.5, 0.6) is 5.75 Å². The van der Waals surface area contributed by atoms with Crippen LogP contribution in [0.15, 0.2) is 24.3 Å². The molecule has 7 atom stereocenters. The molecule has 0 radical (unpaired) electrons. The number of carbonyl (C=O) groups is 5. The first-order chi connectivity index (χ1) is 18.8. The van der Waals surface area contributed by atoms with Gasteiger partial charge in [0.2, 0.25) is 12.4 Å². The van der Waals surface area contributed by atoms with Crippen LogP contribution >= 0.6 is 0 Å². The number of benzene rings is 1. The van der Waals surface area contributed by atoms with Gasteiger partial charge in [0, 0.05) is 40.8 Å². The maximum absolute atomic E-state index is 13.5. The van der Waals surface area contributed by atoms with Crippen molar-refractivity contribution in [3.8, 4) is 5.75 Å². The van der Waals surface area contributed by atoms with Gasteiger partial charge < -0.3 is 38.1 Å². The maximum Gasteiger partial charge on any atom is 0.303 e. The number of morpholine rings is 1. The summed E-state index contributed by atoms with van der Waals surface area (Å²) in [4.78, 5) is 62.8. The quantitative estimate of drug-likeness (QED) is 0.331. The molecule has 0 spiro atoms. The van der Waals surface area contributed by atoms with Crippen molar-refractivity contribution in [1.82, 2.24) is 4.90 Å². The van der Waals surface area contributed by atoms with E-state index in [9.17, 15) is 24.0 Å². The highest BCUT2D eigenvalue weighted by molar-refractivity contribution is 5.97. The van der Waals surface area contributed by atoms with Gasteiger partial charge in [0.15, 0.2) is 12.2 Å². The summed E-state index contributed by atoms with van der Waals surface area (Å²) in [6.45, 7) is 8.65. The monoisotopic (exact) mass is 565 g/mol. The lowest BCUT2D eigenvalue weighted by molar-refractivity contribution is -0.288. The number of nitrogens with zero attached hydrogens (tertiary/aromatic N) is 1. The first kappa shape index (κ1) is 30.8. The molecule has 2 aliphatic heterocycles. The minimum atomic E-state index is -1.46. The number of esters is 4. The maximum atomic E-state index is 13.5. The van der Waals surface area contributed by atoms with Crippen LogP contribution in [0.25, 0.3) is 0 Å². The van der Waals surface area contributed by atoms with E-state index in [1.54, 1.807) is 23.1 Å². The van der Waals surface area contributed by atoms with Gasteiger partial charge in [-0.15, -0.1) is 0 Å². The molecule has 1 aromatic rings. The Kier molecular flexibility index (Phi) is 10.5. The van der Waals surface area contributed by atoms with Gasteiger partial charge in [0.1, 0.15) is 18.5 Å². The highest BCUT2D eigenvalue weighted by Gasteiger charge is 2.53. The molecule has 220 valence electrons. The van der Waals surface area contributed by atoms with Crippen molar-refractivity contribution >= 4 is 29.8 Å². The Balaban J connectivity index is 1.99. The summed E-state index contributed by atoms with van der Waals surface area (Å²) in [5.74, 6) is -3.14. The topological polar surface area (TPSA) is 153 Å². The average molecular weight is 566 g/mol. The molecule has 2 heterocycles. The smallest absolute Gasteiger partial charge is 0.303 e. The first-order valence-corrected chi connectivity index (χ1v) is 12.9. The SMILES string of the molecule is CC(=O)OC[C@@H]1O[C@H](Oc2ccccc2C(=O)N2C[C@@H](C)O[C@@H](C)C2)[C@@H](OC(C)=O)[C@H](OC(C)=O)[C@H]1OC(C)=O. The van der Waals surface area contributed by atoms with Crippen LogP contribution < -0.4 is 4.74 Å². The summed E-state index contributed by atoms with van der Waals surface area (Å²) in [7, 11) is 0. The Hall–Kier alpha value is -3.71. The number of para-hydroxylation sites is 1. The Bertz CT molecular complexity index is 1100. The van der Waals surface area contributed by atoms with E-state index < -0.39 is 61.2 Å². The van der Waals surface area contributed by atoms with Gasteiger partial charge in [-0.1, -0.05) is 12.1 Å². The van der Waals surface area contributed by atoms with Crippen molar-refractivity contribution in [3.05, 3.63) is 29.8 Å². The summed E-state index contributed by atoms with van der Waals surface area (Å²) >= 11 is 0. The molecule has 0 saturated carbocycles. The number of hydrogen-bond donors (Lipinski definition) is 0. The fraction of sp³-hybridized carbons (Fsp3) is 0.593. The molecule has 0 aliphatic carbocycles. The lowest BCUT2D eigenvalue weighted by atomic mass is 9.98. The zero-order chi connectivity index (χ0) is 29.6. The van der Waals surface area contributed by atoms with Crippen LogP contribution in [0.1, 0.15) is 51.9 Å². The molecule has 0 unspecified atom stereocenters. The van der Waals surface area contributed by atoms with Crippen molar-refractivity contribution in [2.24, 2.45) is 0 Å². The normalized spacial score (nSPS) is 28.1. The third-order valence-corrected chi connectivity index (χ3v) is 6.02. The zero-order valence-electron chi connectivity index (χ0n) is 23.3. The first-order valence-electron chi connectivity index (χ1n) is 12.9. The molecule has 0 N–H and O–H groups in total. The van der Waals surface area contributed by atoms with E-state index in [1.807, 2.05) is 13.8 Å². The Morgan fingerprint density at radius 1 is 0.775 bits per heavy atom. The molecule has 2 aliphatic rings. The van der Waals surface area contributed by atoms with E-state index in [1.165, 1.54) is 13.0 Å². The molecular formula is C27H35NO12. The van der Waals surface area contributed by atoms with Gasteiger partial charge in [-0.05, 0) is 26.0 Å². The number of carbonyl (C=O) groups excluding carboxylic acids is 5. The number of amides is 1. The third kappa shape index (κ3) is 8.15. The van der Waals surface area contributed by atoms with Crippen molar-refractivity contribution in [2.45, 2.75) is 84.5 Å². The fourth-order valence-corrected chi connectivity index (χ4v) is 4.67. The summed E-state index contributed by atoms with van der Waals surface area (Å²) in [6, 6.07) is 6.42. The van der Waals surface area contributed by atoms with Crippen LogP contribution in [0.4, 0.5) is 0 Å². The molecule has 40 heavy (non-hydrogen) atoms. The van der Waals surface area contributed by atoms with Gasteiger partial charge >= 0.3 is 23.9 Å². The molecular weight excluding hydrogens is 530 g/mol. The predicted octanol–water partition coefficient (Wildman–Crippen LogP) is 1.40. The van der Waals surface area contributed by atoms with E-state index in [4.69, 9.17) is 33.2 Å². The second kappa shape index (κ2) is 13.6. The van der Waals surface area contributed by atoms with E-state index in [-0.39, 0.29) is 29.4 Å². The summed E-state index contributed by atoms with van der Waals surface area (Å²) in [6.07, 6.45) is -7.12. The molecule has 1 amide bonds. The van der Waals surface area contributed by atoms with Gasteiger partial charge in [-0.2, -0.15) is 0 Å². The minimum Gasteiger partial charge on any atom is -0.463 e. The van der Waals surface area contributed by atoms with Crippen molar-refractivity contribution < 1.29 is 57.1 Å².